The van der Waals surface area contributed by atoms with Gasteiger partial charge in [0.2, 0.25) is 5.91 Å². The predicted octanol–water partition coefficient (Wildman–Crippen LogP) is 3.80. The summed E-state index contributed by atoms with van der Waals surface area (Å²) in [6.45, 7) is 3.72. The fourth-order valence-electron chi connectivity index (χ4n) is 2.45. The first-order valence-corrected chi connectivity index (χ1v) is 7.87. The average Bonchev–Trinajstić information content (AvgIpc) is 2.59. The van der Waals surface area contributed by atoms with Crippen molar-refractivity contribution in [2.24, 2.45) is 5.73 Å². The molecule has 1 atom stereocenters. The molecule has 0 spiro atoms. The highest BCUT2D eigenvalue weighted by molar-refractivity contribution is 5.83. The van der Waals surface area contributed by atoms with E-state index in [1.807, 2.05) is 6.07 Å². The van der Waals surface area contributed by atoms with Crippen LogP contribution in [0.15, 0.2) is 54.6 Å². The summed E-state index contributed by atoms with van der Waals surface area (Å²) in [5, 5.41) is 2.73. The largest absolute Gasteiger partial charge is 0.416 e. The average molecular weight is 350 g/mol. The summed E-state index contributed by atoms with van der Waals surface area (Å²) in [5.41, 5.74) is 5.72. The van der Waals surface area contributed by atoms with E-state index in [2.05, 4.69) is 5.32 Å². The maximum atomic E-state index is 12.9. The Balaban J connectivity index is 2.07. The molecule has 0 bridgehead atoms. The van der Waals surface area contributed by atoms with Crippen molar-refractivity contribution in [2.45, 2.75) is 31.5 Å². The summed E-state index contributed by atoms with van der Waals surface area (Å²) >= 11 is 0. The molecule has 0 radical (unpaired) electrons. The number of carbonyl (C=O) groups excluding carboxylic acids is 1. The van der Waals surface area contributed by atoms with E-state index in [0.717, 1.165) is 12.1 Å². The van der Waals surface area contributed by atoms with Crippen molar-refractivity contribution in [3.63, 3.8) is 0 Å². The van der Waals surface area contributed by atoms with Crippen LogP contribution >= 0.6 is 0 Å². The number of rotatable bonds is 5. The minimum absolute atomic E-state index is 0.174. The maximum absolute atomic E-state index is 12.9. The van der Waals surface area contributed by atoms with E-state index in [4.69, 9.17) is 5.73 Å². The van der Waals surface area contributed by atoms with Gasteiger partial charge in [-0.05, 0) is 17.2 Å². The van der Waals surface area contributed by atoms with Gasteiger partial charge in [-0.1, -0.05) is 62.4 Å². The second kappa shape index (κ2) is 7.27. The molecule has 0 aromatic heterocycles. The van der Waals surface area contributed by atoms with Crippen LogP contribution in [0.5, 0.6) is 0 Å². The molecule has 134 valence electrons. The van der Waals surface area contributed by atoms with Gasteiger partial charge >= 0.3 is 6.18 Å². The van der Waals surface area contributed by atoms with Gasteiger partial charge in [0.25, 0.3) is 0 Å². The molecule has 0 aliphatic heterocycles. The van der Waals surface area contributed by atoms with E-state index in [0.29, 0.717) is 11.1 Å². The first kappa shape index (κ1) is 19.0. The number of alkyl halides is 3. The quantitative estimate of drug-likeness (QED) is 0.862. The molecule has 2 aromatic carbocycles. The Hall–Kier alpha value is -2.34. The van der Waals surface area contributed by atoms with Crippen molar-refractivity contribution in [1.82, 2.24) is 5.32 Å². The van der Waals surface area contributed by atoms with E-state index < -0.39 is 23.2 Å². The lowest BCUT2D eigenvalue weighted by atomic mass is 9.83. The van der Waals surface area contributed by atoms with E-state index in [-0.39, 0.29) is 12.5 Å². The van der Waals surface area contributed by atoms with Gasteiger partial charge in [0.05, 0.1) is 5.56 Å². The number of carbonyl (C=O) groups is 1. The van der Waals surface area contributed by atoms with Gasteiger partial charge in [-0.25, -0.2) is 0 Å². The molecule has 0 fully saturated rings. The molecule has 0 aliphatic rings. The minimum Gasteiger partial charge on any atom is -0.354 e. The Morgan fingerprint density at radius 3 is 2.24 bits per heavy atom. The van der Waals surface area contributed by atoms with Crippen LogP contribution in [-0.4, -0.2) is 12.5 Å². The number of hydrogen-bond acceptors (Lipinski definition) is 2. The van der Waals surface area contributed by atoms with Crippen molar-refractivity contribution in [3.8, 4) is 0 Å². The molecule has 0 aliphatic carbocycles. The van der Waals surface area contributed by atoms with Crippen LogP contribution < -0.4 is 11.1 Å². The smallest absolute Gasteiger partial charge is 0.354 e. The standard InChI is InChI=1S/C19H21F3N2O/c1-18(2,14-9-6-10-15(11-14)19(20,21)22)12-24-17(25)16(23)13-7-4-3-5-8-13/h3-11,16H,12,23H2,1-2H3,(H,24,25). The topological polar surface area (TPSA) is 55.1 Å². The van der Waals surface area contributed by atoms with E-state index >= 15 is 0 Å². The van der Waals surface area contributed by atoms with Crippen LogP contribution in [0.1, 0.15) is 36.6 Å². The van der Waals surface area contributed by atoms with Crippen LogP contribution in [0, 0.1) is 0 Å². The van der Waals surface area contributed by atoms with Crippen LogP contribution in [-0.2, 0) is 16.4 Å². The molecule has 25 heavy (non-hydrogen) atoms. The molecular formula is C19H21F3N2O. The fraction of sp³-hybridized carbons (Fsp3) is 0.316. The lowest BCUT2D eigenvalue weighted by Crippen LogP contribution is -2.41. The van der Waals surface area contributed by atoms with Gasteiger partial charge in [-0.15, -0.1) is 0 Å². The molecule has 0 saturated heterocycles. The first-order chi connectivity index (χ1) is 11.6. The second-order valence-corrected chi connectivity index (χ2v) is 6.57. The minimum atomic E-state index is -4.40. The van der Waals surface area contributed by atoms with Crippen molar-refractivity contribution in [3.05, 3.63) is 71.3 Å². The lowest BCUT2D eigenvalue weighted by Gasteiger charge is -2.27. The first-order valence-electron chi connectivity index (χ1n) is 7.87. The summed E-state index contributed by atoms with van der Waals surface area (Å²) in [6, 6.07) is 13.2. The van der Waals surface area contributed by atoms with Gasteiger partial charge < -0.3 is 11.1 Å². The molecule has 0 heterocycles. The van der Waals surface area contributed by atoms with E-state index in [1.165, 1.54) is 6.07 Å². The third-order valence-electron chi connectivity index (χ3n) is 4.12. The van der Waals surface area contributed by atoms with Crippen molar-refractivity contribution >= 4 is 5.91 Å². The summed E-state index contributed by atoms with van der Waals surface area (Å²) in [6.07, 6.45) is -4.40. The molecule has 1 amide bonds. The predicted molar refractivity (Wildman–Crippen MR) is 90.9 cm³/mol. The van der Waals surface area contributed by atoms with Crippen molar-refractivity contribution in [2.75, 3.05) is 6.54 Å². The number of benzene rings is 2. The number of hydrogen-bond donors (Lipinski definition) is 2. The van der Waals surface area contributed by atoms with E-state index in [9.17, 15) is 18.0 Å². The normalized spacial score (nSPS) is 13.4. The third kappa shape index (κ3) is 4.82. The zero-order valence-electron chi connectivity index (χ0n) is 14.1. The third-order valence-corrected chi connectivity index (χ3v) is 4.12. The number of nitrogens with one attached hydrogen (secondary N) is 1. The Bertz CT molecular complexity index is 727. The lowest BCUT2D eigenvalue weighted by molar-refractivity contribution is -0.137. The fourth-order valence-corrected chi connectivity index (χ4v) is 2.45. The number of amides is 1. The van der Waals surface area contributed by atoms with Crippen LogP contribution in [0.3, 0.4) is 0 Å². The molecule has 2 rings (SSSR count). The zero-order chi connectivity index (χ0) is 18.7. The monoisotopic (exact) mass is 350 g/mol. The van der Waals surface area contributed by atoms with Gasteiger partial charge in [0, 0.05) is 12.0 Å². The molecule has 1 unspecified atom stereocenters. The van der Waals surface area contributed by atoms with Gasteiger partial charge in [0.1, 0.15) is 6.04 Å². The highest BCUT2D eigenvalue weighted by atomic mass is 19.4. The van der Waals surface area contributed by atoms with Gasteiger partial charge in [-0.2, -0.15) is 13.2 Å². The molecule has 3 N–H and O–H groups in total. The van der Waals surface area contributed by atoms with Crippen molar-refractivity contribution in [1.29, 1.82) is 0 Å². The highest BCUT2D eigenvalue weighted by Crippen LogP contribution is 2.32. The Labute approximate surface area is 145 Å². The molecular weight excluding hydrogens is 329 g/mol. The van der Waals surface area contributed by atoms with Gasteiger partial charge in [-0.3, -0.25) is 4.79 Å². The number of nitrogens with two attached hydrogens (primary N) is 1. The van der Waals surface area contributed by atoms with Crippen LogP contribution in [0.4, 0.5) is 13.2 Å². The molecule has 0 saturated carbocycles. The Morgan fingerprint density at radius 2 is 1.64 bits per heavy atom. The summed E-state index contributed by atoms with van der Waals surface area (Å²) in [7, 11) is 0. The SMILES string of the molecule is CC(C)(CNC(=O)C(N)c1ccccc1)c1cccc(C(F)(F)F)c1. The van der Waals surface area contributed by atoms with Gasteiger partial charge in [0.15, 0.2) is 0 Å². The summed E-state index contributed by atoms with van der Waals surface area (Å²) in [5.74, 6) is -0.369. The molecule has 6 heteroatoms. The summed E-state index contributed by atoms with van der Waals surface area (Å²) < 4.78 is 38.6. The Morgan fingerprint density at radius 1 is 1.04 bits per heavy atom. The van der Waals surface area contributed by atoms with Crippen LogP contribution in [0.2, 0.25) is 0 Å². The summed E-state index contributed by atoms with van der Waals surface area (Å²) in [4.78, 5) is 12.2. The van der Waals surface area contributed by atoms with E-state index in [1.54, 1.807) is 44.2 Å². The second-order valence-electron chi connectivity index (χ2n) is 6.57. The maximum Gasteiger partial charge on any atom is 0.416 e. The highest BCUT2D eigenvalue weighted by Gasteiger charge is 2.32. The zero-order valence-corrected chi connectivity index (χ0v) is 14.1. The Kier molecular flexibility index (Phi) is 5.52. The number of halogens is 3. The van der Waals surface area contributed by atoms with Crippen molar-refractivity contribution < 1.29 is 18.0 Å². The molecule has 3 nitrogen and oxygen atoms in total. The molecule has 2 aromatic rings. The van der Waals surface area contributed by atoms with Crippen LogP contribution in [0.25, 0.3) is 0 Å².